The minimum Gasteiger partial charge on any atom is -0.492 e. The maximum Gasteiger partial charge on any atom is 0.123 e. The Balaban J connectivity index is 1.99. The maximum absolute atomic E-state index is 6.46. The van der Waals surface area contributed by atoms with Crippen molar-refractivity contribution in [1.82, 2.24) is 0 Å². The summed E-state index contributed by atoms with van der Waals surface area (Å²) in [5, 5.41) is 0. The number of hydrogen-bond acceptors (Lipinski definition) is 2. The minimum atomic E-state index is -0.113. The third kappa shape index (κ3) is 2.60. The maximum atomic E-state index is 6.46. The lowest BCUT2D eigenvalue weighted by molar-refractivity contribution is 0.291. The molecule has 0 saturated heterocycles. The Hall–Kier alpha value is -1.32. The Morgan fingerprint density at radius 1 is 1.14 bits per heavy atom. The molecule has 0 aliphatic carbocycles. The van der Waals surface area contributed by atoms with Crippen molar-refractivity contribution >= 4 is 15.9 Å². The molecule has 110 valence electrons. The molecule has 0 aromatic heterocycles. The van der Waals surface area contributed by atoms with E-state index in [9.17, 15) is 0 Å². The van der Waals surface area contributed by atoms with E-state index in [2.05, 4.69) is 67.0 Å². The standard InChI is InChI=1S/C18H20BrNO/c1-11-8-12(4-6-15(11)19)17(20)13-5-7-16-14(9-13)18(2,3)10-21-16/h4-9,17H,10,20H2,1-3H3. The largest absolute Gasteiger partial charge is 0.492 e. The Kier molecular flexibility index (Phi) is 3.58. The van der Waals surface area contributed by atoms with Crippen LogP contribution in [0.2, 0.25) is 0 Å². The second-order valence-electron chi connectivity index (χ2n) is 6.41. The van der Waals surface area contributed by atoms with Crippen molar-refractivity contribution in [1.29, 1.82) is 0 Å². The van der Waals surface area contributed by atoms with Gasteiger partial charge in [0.15, 0.2) is 0 Å². The topological polar surface area (TPSA) is 35.2 Å². The van der Waals surface area contributed by atoms with Crippen LogP contribution in [0.1, 0.15) is 42.1 Å². The molecule has 0 radical (unpaired) electrons. The summed E-state index contributed by atoms with van der Waals surface area (Å²) in [6.45, 7) is 7.23. The quantitative estimate of drug-likeness (QED) is 0.870. The Morgan fingerprint density at radius 3 is 2.52 bits per heavy atom. The van der Waals surface area contributed by atoms with Crippen molar-refractivity contribution in [2.75, 3.05) is 6.61 Å². The molecule has 1 atom stereocenters. The molecule has 0 fully saturated rings. The van der Waals surface area contributed by atoms with E-state index in [1.807, 2.05) is 6.07 Å². The number of hydrogen-bond donors (Lipinski definition) is 1. The van der Waals surface area contributed by atoms with Gasteiger partial charge >= 0.3 is 0 Å². The number of ether oxygens (including phenoxy) is 1. The fourth-order valence-corrected chi connectivity index (χ4v) is 3.03. The third-order valence-electron chi connectivity index (χ3n) is 4.22. The number of aryl methyl sites for hydroxylation is 1. The number of nitrogens with two attached hydrogens (primary N) is 1. The van der Waals surface area contributed by atoms with Gasteiger partial charge in [0.2, 0.25) is 0 Å². The zero-order valence-electron chi connectivity index (χ0n) is 12.6. The Morgan fingerprint density at radius 2 is 1.81 bits per heavy atom. The SMILES string of the molecule is Cc1cc(C(N)c2ccc3c(c2)C(C)(C)CO3)ccc1Br. The van der Waals surface area contributed by atoms with Crippen LogP contribution in [0.15, 0.2) is 40.9 Å². The fourth-order valence-electron chi connectivity index (χ4n) is 2.79. The van der Waals surface area contributed by atoms with Crippen LogP contribution in [0.3, 0.4) is 0 Å². The van der Waals surface area contributed by atoms with Gasteiger partial charge in [-0.1, -0.05) is 48.0 Å². The fraction of sp³-hybridized carbons (Fsp3) is 0.333. The van der Waals surface area contributed by atoms with Gasteiger partial charge in [-0.25, -0.2) is 0 Å². The molecule has 0 amide bonds. The highest BCUT2D eigenvalue weighted by Crippen LogP contribution is 2.40. The van der Waals surface area contributed by atoms with Crippen LogP contribution >= 0.6 is 15.9 Å². The second kappa shape index (κ2) is 5.15. The van der Waals surface area contributed by atoms with Gasteiger partial charge in [-0.3, -0.25) is 0 Å². The van der Waals surface area contributed by atoms with E-state index in [0.717, 1.165) is 28.0 Å². The van der Waals surface area contributed by atoms with Gasteiger partial charge in [-0.15, -0.1) is 0 Å². The van der Waals surface area contributed by atoms with E-state index in [-0.39, 0.29) is 11.5 Å². The van der Waals surface area contributed by atoms with E-state index in [0.29, 0.717) is 0 Å². The second-order valence-corrected chi connectivity index (χ2v) is 7.27. The summed E-state index contributed by atoms with van der Waals surface area (Å²) in [7, 11) is 0. The van der Waals surface area contributed by atoms with Crippen LogP contribution in [0.5, 0.6) is 5.75 Å². The summed E-state index contributed by atoms with van der Waals surface area (Å²) in [5.74, 6) is 0.989. The first-order valence-corrected chi connectivity index (χ1v) is 7.97. The molecular formula is C18H20BrNO. The lowest BCUT2D eigenvalue weighted by Gasteiger charge is -2.19. The van der Waals surface area contributed by atoms with Crippen molar-refractivity contribution in [2.24, 2.45) is 5.73 Å². The molecule has 1 aliphatic heterocycles. The monoisotopic (exact) mass is 345 g/mol. The van der Waals surface area contributed by atoms with Crippen LogP contribution in [-0.4, -0.2) is 6.61 Å². The molecule has 21 heavy (non-hydrogen) atoms. The Labute approximate surface area is 134 Å². The van der Waals surface area contributed by atoms with Gasteiger partial charge in [-0.2, -0.15) is 0 Å². The van der Waals surface area contributed by atoms with E-state index in [4.69, 9.17) is 10.5 Å². The summed E-state index contributed by atoms with van der Waals surface area (Å²) in [6, 6.07) is 12.5. The lowest BCUT2D eigenvalue weighted by Crippen LogP contribution is -2.19. The third-order valence-corrected chi connectivity index (χ3v) is 5.11. The molecule has 3 rings (SSSR count). The predicted molar refractivity (Wildman–Crippen MR) is 89.9 cm³/mol. The molecule has 0 spiro atoms. The normalized spacial score (nSPS) is 17.2. The lowest BCUT2D eigenvalue weighted by atomic mass is 9.85. The highest BCUT2D eigenvalue weighted by molar-refractivity contribution is 9.10. The number of benzene rings is 2. The average Bonchev–Trinajstić information content (AvgIpc) is 2.76. The number of fused-ring (bicyclic) bond motifs is 1. The molecular weight excluding hydrogens is 326 g/mol. The molecule has 3 heteroatoms. The molecule has 0 bridgehead atoms. The first kappa shape index (κ1) is 14.6. The van der Waals surface area contributed by atoms with Crippen LogP contribution in [0.4, 0.5) is 0 Å². The van der Waals surface area contributed by atoms with Crippen LogP contribution in [0, 0.1) is 6.92 Å². The molecule has 1 aliphatic rings. The van der Waals surface area contributed by atoms with Crippen molar-refractivity contribution in [3.8, 4) is 5.75 Å². The minimum absolute atomic E-state index is 0.0562. The molecule has 2 aromatic rings. The first-order valence-electron chi connectivity index (χ1n) is 7.17. The summed E-state index contributed by atoms with van der Waals surface area (Å²) >= 11 is 3.53. The van der Waals surface area contributed by atoms with Crippen LogP contribution in [-0.2, 0) is 5.41 Å². The number of rotatable bonds is 2. The Bertz CT molecular complexity index is 694. The number of halogens is 1. The van der Waals surface area contributed by atoms with Crippen LogP contribution in [0.25, 0.3) is 0 Å². The van der Waals surface area contributed by atoms with Gasteiger partial charge in [0, 0.05) is 15.5 Å². The van der Waals surface area contributed by atoms with Crippen molar-refractivity contribution in [3.63, 3.8) is 0 Å². The summed E-state index contributed by atoms with van der Waals surface area (Å²) in [5.41, 5.74) is 11.2. The van der Waals surface area contributed by atoms with Crippen molar-refractivity contribution in [2.45, 2.75) is 32.2 Å². The highest BCUT2D eigenvalue weighted by Gasteiger charge is 2.32. The molecule has 2 nitrogen and oxygen atoms in total. The van der Waals surface area contributed by atoms with Gasteiger partial charge in [0.25, 0.3) is 0 Å². The first-order chi connectivity index (χ1) is 9.88. The van der Waals surface area contributed by atoms with E-state index in [1.165, 1.54) is 11.1 Å². The molecule has 0 saturated carbocycles. The molecule has 1 unspecified atom stereocenters. The van der Waals surface area contributed by atoms with E-state index < -0.39 is 0 Å². The highest BCUT2D eigenvalue weighted by atomic mass is 79.9. The van der Waals surface area contributed by atoms with E-state index >= 15 is 0 Å². The smallest absolute Gasteiger partial charge is 0.123 e. The van der Waals surface area contributed by atoms with E-state index in [1.54, 1.807) is 0 Å². The summed E-state index contributed by atoms with van der Waals surface area (Å²) in [6.07, 6.45) is 0. The van der Waals surface area contributed by atoms with Gasteiger partial charge in [-0.05, 0) is 41.8 Å². The predicted octanol–water partition coefficient (Wildman–Crippen LogP) is 4.48. The molecule has 2 aromatic carbocycles. The van der Waals surface area contributed by atoms with Gasteiger partial charge in [0.1, 0.15) is 5.75 Å². The van der Waals surface area contributed by atoms with Crippen molar-refractivity contribution in [3.05, 3.63) is 63.1 Å². The zero-order chi connectivity index (χ0) is 15.2. The zero-order valence-corrected chi connectivity index (χ0v) is 14.2. The van der Waals surface area contributed by atoms with Gasteiger partial charge in [0.05, 0.1) is 12.6 Å². The summed E-state index contributed by atoms with van der Waals surface area (Å²) in [4.78, 5) is 0. The average molecular weight is 346 g/mol. The molecule has 2 N–H and O–H groups in total. The van der Waals surface area contributed by atoms with Gasteiger partial charge < -0.3 is 10.5 Å². The molecule has 1 heterocycles. The van der Waals surface area contributed by atoms with Crippen molar-refractivity contribution < 1.29 is 4.74 Å². The van der Waals surface area contributed by atoms with Crippen LogP contribution < -0.4 is 10.5 Å². The summed E-state index contributed by atoms with van der Waals surface area (Å²) < 4.78 is 6.85.